The van der Waals surface area contributed by atoms with Crippen LogP contribution in [0.25, 0.3) is 10.8 Å². The predicted molar refractivity (Wildman–Crippen MR) is 96.1 cm³/mol. The molecular formula is C20H20N2O3. The van der Waals surface area contributed by atoms with Crippen LogP contribution < -0.4 is 10.6 Å². The first kappa shape index (κ1) is 15.7. The van der Waals surface area contributed by atoms with Crippen molar-refractivity contribution in [2.24, 2.45) is 17.8 Å². The average molecular weight is 336 g/mol. The van der Waals surface area contributed by atoms with Crippen molar-refractivity contribution in [3.05, 3.63) is 48.6 Å². The molecule has 2 aliphatic carbocycles. The molecule has 0 heterocycles. The van der Waals surface area contributed by atoms with Crippen LogP contribution in [0, 0.1) is 17.8 Å². The molecule has 5 nitrogen and oxygen atoms in total. The first-order chi connectivity index (χ1) is 12.1. The minimum absolute atomic E-state index is 0.141. The zero-order valence-corrected chi connectivity index (χ0v) is 13.7. The first-order valence-electron chi connectivity index (χ1n) is 8.60. The third-order valence-electron chi connectivity index (χ3n) is 5.29. The monoisotopic (exact) mass is 336 g/mol. The number of rotatable bonds is 3. The number of hydrogen-bond donors (Lipinski definition) is 3. The highest BCUT2D eigenvalue weighted by atomic mass is 16.3. The van der Waals surface area contributed by atoms with Gasteiger partial charge in [-0.1, -0.05) is 36.4 Å². The number of allylic oxidation sites excluding steroid dienone is 2. The maximum absolute atomic E-state index is 12.2. The zero-order chi connectivity index (χ0) is 17.4. The van der Waals surface area contributed by atoms with E-state index in [4.69, 9.17) is 0 Å². The fraction of sp³-hybridized carbons (Fsp3) is 0.300. The van der Waals surface area contributed by atoms with Crippen LogP contribution in [0.5, 0.6) is 5.75 Å². The maximum atomic E-state index is 12.2. The number of carbonyl (C=O) groups excluding carboxylic acids is 2. The van der Waals surface area contributed by atoms with Gasteiger partial charge in [0.1, 0.15) is 5.75 Å². The van der Waals surface area contributed by atoms with Crippen molar-refractivity contribution in [3.8, 4) is 5.75 Å². The summed E-state index contributed by atoms with van der Waals surface area (Å²) < 4.78 is 0. The summed E-state index contributed by atoms with van der Waals surface area (Å²) >= 11 is 0. The fourth-order valence-electron chi connectivity index (χ4n) is 4.01. The van der Waals surface area contributed by atoms with Crippen molar-refractivity contribution in [2.45, 2.75) is 12.8 Å². The van der Waals surface area contributed by atoms with Crippen molar-refractivity contribution in [1.82, 2.24) is 5.32 Å². The van der Waals surface area contributed by atoms with Crippen LogP contribution in [0.2, 0.25) is 0 Å². The summed E-state index contributed by atoms with van der Waals surface area (Å²) in [6, 6.07) is 10.3. The summed E-state index contributed by atoms with van der Waals surface area (Å²) in [7, 11) is 0. The van der Waals surface area contributed by atoms with Crippen LogP contribution >= 0.6 is 0 Å². The molecule has 1 fully saturated rings. The van der Waals surface area contributed by atoms with Gasteiger partial charge in [-0.15, -0.1) is 0 Å². The van der Waals surface area contributed by atoms with E-state index >= 15 is 0 Å². The molecule has 25 heavy (non-hydrogen) atoms. The van der Waals surface area contributed by atoms with Crippen molar-refractivity contribution in [2.75, 3.05) is 11.9 Å². The van der Waals surface area contributed by atoms with E-state index in [0.29, 0.717) is 40.8 Å². The Morgan fingerprint density at radius 2 is 1.80 bits per heavy atom. The Balaban J connectivity index is 1.41. The summed E-state index contributed by atoms with van der Waals surface area (Å²) in [5.74, 6) is 0.445. The van der Waals surface area contributed by atoms with Crippen LogP contribution in [-0.2, 0) is 9.59 Å². The molecule has 2 amide bonds. The number of fused-ring (bicyclic) bond motifs is 3. The summed E-state index contributed by atoms with van der Waals surface area (Å²) in [6.45, 7) is 0.536. The first-order valence-corrected chi connectivity index (χ1v) is 8.60. The number of anilines is 1. The molecule has 2 bridgehead atoms. The van der Waals surface area contributed by atoms with Gasteiger partial charge in [-0.3, -0.25) is 9.59 Å². The number of phenols is 1. The standard InChI is InChI=1S/C20H20N2O3/c23-18-6-2-3-15-16(18)4-1-5-17(15)22-20(25)19(24)21-11-14-10-12-7-8-13(14)9-12/h1-8,12-14,23H,9-11H2,(H,21,24)(H,22,25)/t12-,13+,14+/m1/s1. The van der Waals surface area contributed by atoms with Gasteiger partial charge in [0.15, 0.2) is 0 Å². The molecule has 4 rings (SSSR count). The number of aromatic hydroxyl groups is 1. The highest BCUT2D eigenvalue weighted by Crippen LogP contribution is 2.42. The number of hydrogen-bond acceptors (Lipinski definition) is 3. The average Bonchev–Trinajstić information content (AvgIpc) is 3.23. The van der Waals surface area contributed by atoms with E-state index in [-0.39, 0.29) is 5.75 Å². The summed E-state index contributed by atoms with van der Waals surface area (Å²) in [6.07, 6.45) is 6.75. The van der Waals surface area contributed by atoms with Gasteiger partial charge in [-0.05, 0) is 42.7 Å². The molecule has 0 spiro atoms. The van der Waals surface area contributed by atoms with Gasteiger partial charge in [0.25, 0.3) is 0 Å². The van der Waals surface area contributed by atoms with Crippen molar-refractivity contribution in [3.63, 3.8) is 0 Å². The highest BCUT2D eigenvalue weighted by Gasteiger charge is 2.35. The van der Waals surface area contributed by atoms with Crippen LogP contribution in [0.4, 0.5) is 5.69 Å². The summed E-state index contributed by atoms with van der Waals surface area (Å²) in [5.41, 5.74) is 0.511. The third kappa shape index (κ3) is 2.97. The number of amides is 2. The fourth-order valence-corrected chi connectivity index (χ4v) is 4.01. The normalized spacial score (nSPS) is 23.8. The number of carbonyl (C=O) groups is 2. The Kier molecular flexibility index (Phi) is 3.92. The van der Waals surface area contributed by atoms with Crippen LogP contribution in [0.15, 0.2) is 48.6 Å². The smallest absolute Gasteiger partial charge is 0.313 e. The topological polar surface area (TPSA) is 78.4 Å². The van der Waals surface area contributed by atoms with E-state index in [9.17, 15) is 14.7 Å². The maximum Gasteiger partial charge on any atom is 0.313 e. The molecule has 0 saturated heterocycles. The Morgan fingerprint density at radius 3 is 2.56 bits per heavy atom. The molecule has 2 aromatic rings. The third-order valence-corrected chi connectivity index (χ3v) is 5.29. The van der Waals surface area contributed by atoms with E-state index in [1.54, 1.807) is 36.4 Å². The second-order valence-corrected chi connectivity index (χ2v) is 6.88. The Labute approximate surface area is 145 Å². The molecule has 0 radical (unpaired) electrons. The van der Waals surface area contributed by atoms with Gasteiger partial charge >= 0.3 is 11.8 Å². The Morgan fingerprint density at radius 1 is 1.00 bits per heavy atom. The summed E-state index contributed by atoms with van der Waals surface area (Å²) in [4.78, 5) is 24.3. The molecule has 3 N–H and O–H groups in total. The minimum atomic E-state index is -0.686. The number of phenolic OH excluding ortho intramolecular Hbond substituents is 1. The van der Waals surface area contributed by atoms with Crippen molar-refractivity contribution < 1.29 is 14.7 Å². The van der Waals surface area contributed by atoms with Gasteiger partial charge in [-0.25, -0.2) is 0 Å². The van der Waals surface area contributed by atoms with E-state index in [0.717, 1.165) is 6.42 Å². The van der Waals surface area contributed by atoms with Crippen molar-refractivity contribution in [1.29, 1.82) is 0 Å². The lowest BCUT2D eigenvalue weighted by Gasteiger charge is -2.18. The van der Waals surface area contributed by atoms with Crippen LogP contribution in [-0.4, -0.2) is 23.5 Å². The molecule has 0 unspecified atom stereocenters. The lowest BCUT2D eigenvalue weighted by atomic mass is 9.94. The lowest BCUT2D eigenvalue weighted by molar-refractivity contribution is -0.136. The minimum Gasteiger partial charge on any atom is -0.507 e. The Bertz CT molecular complexity index is 874. The molecule has 2 aromatic carbocycles. The van der Waals surface area contributed by atoms with E-state index < -0.39 is 11.8 Å². The van der Waals surface area contributed by atoms with E-state index in [2.05, 4.69) is 22.8 Å². The summed E-state index contributed by atoms with van der Waals surface area (Å²) in [5, 5.41) is 16.6. The molecule has 3 atom stereocenters. The van der Waals surface area contributed by atoms with Gasteiger partial charge in [0.2, 0.25) is 0 Å². The molecular weight excluding hydrogens is 316 g/mol. The number of nitrogens with one attached hydrogen (secondary N) is 2. The molecule has 1 saturated carbocycles. The zero-order valence-electron chi connectivity index (χ0n) is 13.7. The van der Waals surface area contributed by atoms with E-state index in [1.807, 2.05) is 0 Å². The van der Waals surface area contributed by atoms with Gasteiger partial charge in [0, 0.05) is 23.0 Å². The SMILES string of the molecule is O=C(NC[C@@H]1C[C@@H]2C=C[C@H]1C2)C(=O)Nc1cccc2c(O)cccc12. The molecule has 5 heteroatoms. The second-order valence-electron chi connectivity index (χ2n) is 6.88. The van der Waals surface area contributed by atoms with Crippen LogP contribution in [0.3, 0.4) is 0 Å². The van der Waals surface area contributed by atoms with E-state index in [1.165, 1.54) is 6.42 Å². The second kappa shape index (κ2) is 6.24. The largest absolute Gasteiger partial charge is 0.507 e. The van der Waals surface area contributed by atoms with Crippen LogP contribution in [0.1, 0.15) is 12.8 Å². The van der Waals surface area contributed by atoms with Gasteiger partial charge in [-0.2, -0.15) is 0 Å². The quantitative estimate of drug-likeness (QED) is 0.596. The molecule has 0 aromatic heterocycles. The van der Waals surface area contributed by atoms with Gasteiger partial charge in [0.05, 0.1) is 0 Å². The molecule has 128 valence electrons. The van der Waals surface area contributed by atoms with Crippen molar-refractivity contribution >= 4 is 28.3 Å². The van der Waals surface area contributed by atoms with Gasteiger partial charge < -0.3 is 15.7 Å². The molecule has 2 aliphatic rings. The molecule has 0 aliphatic heterocycles. The predicted octanol–water partition coefficient (Wildman–Crippen LogP) is 2.81. The Hall–Kier alpha value is -2.82. The highest BCUT2D eigenvalue weighted by molar-refractivity contribution is 6.40. The lowest BCUT2D eigenvalue weighted by Crippen LogP contribution is -2.38. The number of benzene rings is 2.